The van der Waals surface area contributed by atoms with E-state index in [4.69, 9.17) is 4.74 Å². The number of amides is 1. The Bertz CT molecular complexity index is 354. The van der Waals surface area contributed by atoms with E-state index < -0.39 is 0 Å². The van der Waals surface area contributed by atoms with E-state index in [-0.39, 0.29) is 11.9 Å². The Labute approximate surface area is 127 Å². The van der Waals surface area contributed by atoms with Gasteiger partial charge in [-0.1, -0.05) is 0 Å². The Kier molecular flexibility index (Phi) is 6.45. The molecular formula is C15H27N3O3. The number of carbonyl (C=O) groups is 2. The van der Waals surface area contributed by atoms with Crippen molar-refractivity contribution in [3.05, 3.63) is 0 Å². The van der Waals surface area contributed by atoms with Crippen LogP contribution in [-0.2, 0) is 14.3 Å². The van der Waals surface area contributed by atoms with Gasteiger partial charge in [0.15, 0.2) is 0 Å². The zero-order valence-electron chi connectivity index (χ0n) is 13.1. The molecule has 2 saturated heterocycles. The van der Waals surface area contributed by atoms with Crippen molar-refractivity contribution in [3.8, 4) is 0 Å². The molecule has 2 aliphatic rings. The summed E-state index contributed by atoms with van der Waals surface area (Å²) in [5, 5.41) is 0. The van der Waals surface area contributed by atoms with Gasteiger partial charge in [-0.3, -0.25) is 9.59 Å². The molecule has 21 heavy (non-hydrogen) atoms. The molecule has 0 aromatic carbocycles. The first-order valence-electron chi connectivity index (χ1n) is 7.99. The molecule has 6 heteroatoms. The SMILES string of the molecule is CN1CCN(CCC(=O)OCCCN2CCCC2=O)CC1. The third kappa shape index (κ3) is 5.63. The number of carbonyl (C=O) groups excluding carboxylic acids is 2. The highest BCUT2D eigenvalue weighted by atomic mass is 16.5. The minimum Gasteiger partial charge on any atom is -0.466 e. The van der Waals surface area contributed by atoms with Crippen LogP contribution in [0.4, 0.5) is 0 Å². The first-order chi connectivity index (χ1) is 10.1. The van der Waals surface area contributed by atoms with E-state index in [0.29, 0.717) is 26.0 Å². The van der Waals surface area contributed by atoms with Crippen LogP contribution in [0.5, 0.6) is 0 Å². The molecule has 0 spiro atoms. The molecule has 1 amide bonds. The molecule has 0 atom stereocenters. The van der Waals surface area contributed by atoms with Crippen LogP contribution in [0.1, 0.15) is 25.7 Å². The Balaban J connectivity index is 1.48. The maximum Gasteiger partial charge on any atom is 0.307 e. The molecule has 120 valence electrons. The molecule has 2 fully saturated rings. The average Bonchev–Trinajstić information content (AvgIpc) is 2.88. The number of hydrogen-bond donors (Lipinski definition) is 0. The number of likely N-dealkylation sites (N-methyl/N-ethyl adjacent to an activating group) is 1. The van der Waals surface area contributed by atoms with Crippen molar-refractivity contribution in [1.82, 2.24) is 14.7 Å². The average molecular weight is 297 g/mol. The molecule has 0 aliphatic carbocycles. The van der Waals surface area contributed by atoms with Crippen LogP contribution in [0.2, 0.25) is 0 Å². The number of likely N-dealkylation sites (tertiary alicyclic amines) is 1. The maximum atomic E-state index is 11.7. The topological polar surface area (TPSA) is 53.1 Å². The summed E-state index contributed by atoms with van der Waals surface area (Å²) in [5.74, 6) is 0.109. The van der Waals surface area contributed by atoms with E-state index in [9.17, 15) is 9.59 Å². The van der Waals surface area contributed by atoms with E-state index >= 15 is 0 Å². The molecule has 0 radical (unpaired) electrons. The lowest BCUT2D eigenvalue weighted by Gasteiger charge is -2.31. The van der Waals surface area contributed by atoms with Crippen molar-refractivity contribution in [1.29, 1.82) is 0 Å². The fraction of sp³-hybridized carbons (Fsp3) is 0.867. The van der Waals surface area contributed by atoms with Gasteiger partial charge < -0.3 is 19.4 Å². The second-order valence-electron chi connectivity index (χ2n) is 5.95. The minimum atomic E-state index is -0.123. The summed E-state index contributed by atoms with van der Waals surface area (Å²) in [6, 6.07) is 0. The summed E-state index contributed by atoms with van der Waals surface area (Å²) in [6.45, 7) is 6.98. The highest BCUT2D eigenvalue weighted by Crippen LogP contribution is 2.09. The van der Waals surface area contributed by atoms with E-state index in [1.165, 1.54) is 0 Å². The fourth-order valence-corrected chi connectivity index (χ4v) is 2.77. The smallest absolute Gasteiger partial charge is 0.307 e. The quantitative estimate of drug-likeness (QED) is 0.496. The van der Waals surface area contributed by atoms with Crippen LogP contribution >= 0.6 is 0 Å². The third-order valence-electron chi connectivity index (χ3n) is 4.23. The molecule has 2 rings (SSSR count). The summed E-state index contributed by atoms with van der Waals surface area (Å²) < 4.78 is 5.24. The van der Waals surface area contributed by atoms with E-state index in [0.717, 1.165) is 52.1 Å². The summed E-state index contributed by atoms with van der Waals surface area (Å²) in [4.78, 5) is 29.6. The van der Waals surface area contributed by atoms with Gasteiger partial charge in [-0.05, 0) is 19.9 Å². The Morgan fingerprint density at radius 1 is 1.14 bits per heavy atom. The van der Waals surface area contributed by atoms with Gasteiger partial charge in [-0.25, -0.2) is 0 Å². The zero-order valence-corrected chi connectivity index (χ0v) is 13.1. The lowest BCUT2D eigenvalue weighted by Crippen LogP contribution is -2.45. The van der Waals surface area contributed by atoms with Gasteiger partial charge in [0.2, 0.25) is 5.91 Å². The summed E-state index contributed by atoms with van der Waals surface area (Å²) in [5.41, 5.74) is 0. The Morgan fingerprint density at radius 3 is 2.57 bits per heavy atom. The van der Waals surface area contributed by atoms with Crippen molar-refractivity contribution in [2.45, 2.75) is 25.7 Å². The molecule has 0 aromatic rings. The van der Waals surface area contributed by atoms with Gasteiger partial charge in [0.1, 0.15) is 0 Å². The highest BCUT2D eigenvalue weighted by molar-refractivity contribution is 5.78. The van der Waals surface area contributed by atoms with Gasteiger partial charge in [-0.15, -0.1) is 0 Å². The normalized spacial score (nSPS) is 21.0. The van der Waals surface area contributed by atoms with E-state index in [2.05, 4.69) is 16.8 Å². The van der Waals surface area contributed by atoms with E-state index in [1.807, 2.05) is 4.90 Å². The summed E-state index contributed by atoms with van der Waals surface area (Å²) in [7, 11) is 2.12. The van der Waals surface area contributed by atoms with Crippen LogP contribution < -0.4 is 0 Å². The largest absolute Gasteiger partial charge is 0.466 e. The van der Waals surface area contributed by atoms with Crippen LogP contribution in [-0.4, -0.2) is 86.0 Å². The molecule has 0 saturated carbocycles. The predicted molar refractivity (Wildman–Crippen MR) is 79.9 cm³/mol. The molecule has 2 aliphatic heterocycles. The second-order valence-corrected chi connectivity index (χ2v) is 5.95. The third-order valence-corrected chi connectivity index (χ3v) is 4.23. The highest BCUT2D eigenvalue weighted by Gasteiger charge is 2.19. The van der Waals surface area contributed by atoms with Crippen molar-refractivity contribution < 1.29 is 14.3 Å². The number of ether oxygens (including phenoxy) is 1. The zero-order chi connectivity index (χ0) is 15.1. The summed E-state index contributed by atoms with van der Waals surface area (Å²) >= 11 is 0. The van der Waals surface area contributed by atoms with Crippen molar-refractivity contribution in [3.63, 3.8) is 0 Å². The predicted octanol–water partition coefficient (Wildman–Crippen LogP) is 0.180. The van der Waals surface area contributed by atoms with Crippen LogP contribution in [0.15, 0.2) is 0 Å². The van der Waals surface area contributed by atoms with Gasteiger partial charge in [0.25, 0.3) is 0 Å². The number of esters is 1. The molecule has 6 nitrogen and oxygen atoms in total. The number of nitrogens with zero attached hydrogens (tertiary/aromatic N) is 3. The number of hydrogen-bond acceptors (Lipinski definition) is 5. The van der Waals surface area contributed by atoms with Gasteiger partial charge in [-0.2, -0.15) is 0 Å². The first-order valence-corrected chi connectivity index (χ1v) is 7.99. The fourth-order valence-electron chi connectivity index (χ4n) is 2.77. The number of rotatable bonds is 7. The monoisotopic (exact) mass is 297 g/mol. The molecular weight excluding hydrogens is 270 g/mol. The minimum absolute atomic E-state index is 0.123. The lowest BCUT2D eigenvalue weighted by molar-refractivity contribution is -0.144. The number of piperazine rings is 1. The molecule has 2 heterocycles. The molecule has 0 N–H and O–H groups in total. The van der Waals surface area contributed by atoms with Gasteiger partial charge in [0.05, 0.1) is 13.0 Å². The van der Waals surface area contributed by atoms with Crippen LogP contribution in [0, 0.1) is 0 Å². The second kappa shape index (κ2) is 8.34. The van der Waals surface area contributed by atoms with Crippen LogP contribution in [0.25, 0.3) is 0 Å². The lowest BCUT2D eigenvalue weighted by atomic mass is 10.3. The Hall–Kier alpha value is -1.14. The first kappa shape index (κ1) is 16.2. The standard InChI is InChI=1S/C15H27N3O3/c1-16-9-11-17(12-10-16)8-5-15(20)21-13-3-7-18-6-2-4-14(18)19/h2-13H2,1H3. The van der Waals surface area contributed by atoms with Gasteiger partial charge >= 0.3 is 5.97 Å². The van der Waals surface area contributed by atoms with Gasteiger partial charge in [0, 0.05) is 52.2 Å². The van der Waals surface area contributed by atoms with Crippen molar-refractivity contribution >= 4 is 11.9 Å². The van der Waals surface area contributed by atoms with Crippen LogP contribution in [0.3, 0.4) is 0 Å². The van der Waals surface area contributed by atoms with Crippen molar-refractivity contribution in [2.75, 3.05) is 59.5 Å². The molecule has 0 bridgehead atoms. The van der Waals surface area contributed by atoms with E-state index in [1.54, 1.807) is 0 Å². The molecule has 0 unspecified atom stereocenters. The molecule has 0 aromatic heterocycles. The Morgan fingerprint density at radius 2 is 1.90 bits per heavy atom. The maximum absolute atomic E-state index is 11.7. The summed E-state index contributed by atoms with van der Waals surface area (Å²) in [6.07, 6.45) is 2.84. The van der Waals surface area contributed by atoms with Crippen molar-refractivity contribution in [2.24, 2.45) is 0 Å².